The molecule has 0 N–H and O–H groups in total. The summed E-state index contributed by atoms with van der Waals surface area (Å²) in [5.41, 5.74) is 0. The van der Waals surface area contributed by atoms with Gasteiger partial charge in [-0.3, -0.25) is 14.4 Å². The Balaban J connectivity index is 4.23. The van der Waals surface area contributed by atoms with E-state index < -0.39 is 6.10 Å². The molecular formula is C53H102O6. The molecule has 0 aliphatic heterocycles. The Morgan fingerprint density at radius 2 is 0.559 bits per heavy atom. The summed E-state index contributed by atoms with van der Waals surface area (Å²) in [5, 5.41) is 0. The van der Waals surface area contributed by atoms with Gasteiger partial charge in [-0.2, -0.15) is 0 Å². The fourth-order valence-electron chi connectivity index (χ4n) is 8.04. The van der Waals surface area contributed by atoms with Crippen LogP contribution in [0, 0.1) is 5.92 Å². The van der Waals surface area contributed by atoms with Crippen molar-refractivity contribution in [2.24, 2.45) is 5.92 Å². The van der Waals surface area contributed by atoms with Gasteiger partial charge in [-0.15, -0.1) is 0 Å². The van der Waals surface area contributed by atoms with Crippen LogP contribution in [0.2, 0.25) is 0 Å². The van der Waals surface area contributed by atoms with Crippen LogP contribution in [0.15, 0.2) is 0 Å². The lowest BCUT2D eigenvalue weighted by Crippen LogP contribution is -2.30. The van der Waals surface area contributed by atoms with Crippen LogP contribution in [0.4, 0.5) is 0 Å². The number of carbonyl (C=O) groups is 3. The summed E-state index contributed by atoms with van der Waals surface area (Å²) in [6.45, 7) is 9.03. The van der Waals surface area contributed by atoms with E-state index >= 15 is 0 Å². The van der Waals surface area contributed by atoms with Crippen molar-refractivity contribution in [3.05, 3.63) is 0 Å². The Kier molecular flexibility index (Phi) is 46.2. The lowest BCUT2D eigenvalue weighted by atomic mass is 10.0. The minimum atomic E-state index is -0.760. The molecule has 6 nitrogen and oxygen atoms in total. The zero-order chi connectivity index (χ0) is 43.1. The Morgan fingerprint density at radius 1 is 0.322 bits per heavy atom. The Morgan fingerprint density at radius 3 is 0.831 bits per heavy atom. The van der Waals surface area contributed by atoms with E-state index in [0.29, 0.717) is 19.3 Å². The highest BCUT2D eigenvalue weighted by Crippen LogP contribution is 2.17. The monoisotopic (exact) mass is 835 g/mol. The van der Waals surface area contributed by atoms with Crippen molar-refractivity contribution in [2.45, 2.75) is 303 Å². The first kappa shape index (κ1) is 57.4. The normalized spacial score (nSPS) is 11.9. The molecule has 0 aliphatic rings. The maximum atomic E-state index is 12.8. The molecule has 0 amide bonds. The second-order valence-electron chi connectivity index (χ2n) is 18.6. The quantitative estimate of drug-likeness (QED) is 0.0345. The van der Waals surface area contributed by atoms with E-state index in [1.54, 1.807) is 0 Å². The smallest absolute Gasteiger partial charge is 0.306 e. The van der Waals surface area contributed by atoms with Gasteiger partial charge < -0.3 is 14.2 Å². The number of esters is 3. The summed E-state index contributed by atoms with van der Waals surface area (Å²) in [5.74, 6) is 0.00412. The van der Waals surface area contributed by atoms with E-state index in [2.05, 4.69) is 27.7 Å². The van der Waals surface area contributed by atoms with Crippen molar-refractivity contribution in [3.8, 4) is 0 Å². The third-order valence-corrected chi connectivity index (χ3v) is 12.0. The number of hydrogen-bond donors (Lipinski definition) is 0. The molecule has 0 saturated heterocycles. The fraction of sp³-hybridized carbons (Fsp3) is 0.943. The predicted octanol–water partition coefficient (Wildman–Crippen LogP) is 17.1. The van der Waals surface area contributed by atoms with Crippen LogP contribution >= 0.6 is 0 Å². The molecule has 0 aromatic carbocycles. The maximum absolute atomic E-state index is 12.8. The van der Waals surface area contributed by atoms with Crippen molar-refractivity contribution in [1.29, 1.82) is 0 Å². The molecule has 0 radical (unpaired) electrons. The molecule has 0 unspecified atom stereocenters. The third kappa shape index (κ3) is 47.3. The van der Waals surface area contributed by atoms with Crippen LogP contribution < -0.4 is 0 Å². The van der Waals surface area contributed by atoms with Gasteiger partial charge in [0.15, 0.2) is 6.10 Å². The molecule has 0 rings (SSSR count). The first-order valence-corrected chi connectivity index (χ1v) is 26.4. The van der Waals surface area contributed by atoms with Crippen molar-refractivity contribution in [3.63, 3.8) is 0 Å². The van der Waals surface area contributed by atoms with Crippen LogP contribution in [-0.4, -0.2) is 37.2 Å². The van der Waals surface area contributed by atoms with Gasteiger partial charge in [-0.1, -0.05) is 259 Å². The molecule has 0 saturated carbocycles. The van der Waals surface area contributed by atoms with Crippen molar-refractivity contribution in [2.75, 3.05) is 13.2 Å². The molecular weight excluding hydrogens is 733 g/mol. The molecule has 59 heavy (non-hydrogen) atoms. The number of ether oxygens (including phenoxy) is 3. The minimum Gasteiger partial charge on any atom is -0.462 e. The van der Waals surface area contributed by atoms with Gasteiger partial charge in [0, 0.05) is 19.3 Å². The Hall–Kier alpha value is -1.59. The standard InChI is InChI=1S/C53H102O6/c1-5-7-9-11-13-15-16-17-22-26-30-34-38-42-46-53(56)59-50(47-57-51(54)44-40-36-32-27-14-12-10-8-6-2)48-58-52(55)45-41-37-33-29-25-23-20-18-19-21-24-28-31-35-39-43-49(3)4/h49-50H,5-48H2,1-4H3/t50-/m0/s1. The van der Waals surface area contributed by atoms with Gasteiger partial charge in [0.2, 0.25) is 0 Å². The van der Waals surface area contributed by atoms with E-state index in [0.717, 1.165) is 63.7 Å². The van der Waals surface area contributed by atoms with E-state index in [4.69, 9.17) is 14.2 Å². The van der Waals surface area contributed by atoms with Crippen molar-refractivity contribution in [1.82, 2.24) is 0 Å². The van der Waals surface area contributed by atoms with Crippen LogP contribution in [0.25, 0.3) is 0 Å². The molecule has 0 fully saturated rings. The van der Waals surface area contributed by atoms with Gasteiger partial charge >= 0.3 is 17.9 Å². The van der Waals surface area contributed by atoms with Crippen molar-refractivity contribution >= 4 is 17.9 Å². The van der Waals surface area contributed by atoms with E-state index in [-0.39, 0.29) is 31.1 Å². The SMILES string of the molecule is CCCCCCCCCCCCCCCCC(=O)O[C@@H](COC(=O)CCCCCCCCCCC)COC(=O)CCCCCCCCCCCCCCCCCC(C)C. The van der Waals surface area contributed by atoms with Crippen LogP contribution in [0.5, 0.6) is 0 Å². The number of rotatable bonds is 48. The molecule has 0 heterocycles. The first-order valence-electron chi connectivity index (χ1n) is 26.4. The summed E-state index contributed by atoms with van der Waals surface area (Å²) in [6, 6.07) is 0. The molecule has 0 aromatic heterocycles. The average molecular weight is 835 g/mol. The molecule has 0 aliphatic carbocycles. The third-order valence-electron chi connectivity index (χ3n) is 12.0. The van der Waals surface area contributed by atoms with E-state index in [9.17, 15) is 14.4 Å². The zero-order valence-electron chi connectivity index (χ0n) is 40.2. The highest BCUT2D eigenvalue weighted by molar-refractivity contribution is 5.71. The summed E-state index contributed by atoms with van der Waals surface area (Å²) >= 11 is 0. The Labute approximate surface area is 368 Å². The summed E-state index contributed by atoms with van der Waals surface area (Å²) in [4.78, 5) is 37.9. The molecule has 6 heteroatoms. The van der Waals surface area contributed by atoms with Crippen LogP contribution in [-0.2, 0) is 28.6 Å². The van der Waals surface area contributed by atoms with E-state index in [1.165, 1.54) is 193 Å². The highest BCUT2D eigenvalue weighted by Gasteiger charge is 2.19. The number of unbranched alkanes of at least 4 members (excludes halogenated alkanes) is 35. The Bertz CT molecular complexity index is 887. The zero-order valence-corrected chi connectivity index (χ0v) is 40.2. The minimum absolute atomic E-state index is 0.0626. The van der Waals surface area contributed by atoms with Gasteiger partial charge in [0.25, 0.3) is 0 Å². The first-order chi connectivity index (χ1) is 28.9. The van der Waals surface area contributed by atoms with Crippen LogP contribution in [0.3, 0.4) is 0 Å². The summed E-state index contributed by atoms with van der Waals surface area (Å²) in [7, 11) is 0. The number of carbonyl (C=O) groups excluding carboxylic acids is 3. The summed E-state index contributed by atoms with van der Waals surface area (Å²) in [6.07, 6.45) is 49.5. The number of hydrogen-bond acceptors (Lipinski definition) is 6. The largest absolute Gasteiger partial charge is 0.462 e. The van der Waals surface area contributed by atoms with Crippen molar-refractivity contribution < 1.29 is 28.6 Å². The molecule has 0 spiro atoms. The molecule has 350 valence electrons. The highest BCUT2D eigenvalue weighted by atomic mass is 16.6. The maximum Gasteiger partial charge on any atom is 0.306 e. The average Bonchev–Trinajstić information content (AvgIpc) is 3.22. The lowest BCUT2D eigenvalue weighted by Gasteiger charge is -2.18. The summed E-state index contributed by atoms with van der Waals surface area (Å²) < 4.78 is 16.8. The predicted molar refractivity (Wildman–Crippen MR) is 252 cm³/mol. The molecule has 0 bridgehead atoms. The molecule has 1 atom stereocenters. The lowest BCUT2D eigenvalue weighted by molar-refractivity contribution is -0.167. The van der Waals surface area contributed by atoms with Gasteiger partial charge in [-0.25, -0.2) is 0 Å². The van der Waals surface area contributed by atoms with Gasteiger partial charge in [0.05, 0.1) is 0 Å². The second-order valence-corrected chi connectivity index (χ2v) is 18.6. The van der Waals surface area contributed by atoms with E-state index in [1.807, 2.05) is 0 Å². The fourth-order valence-corrected chi connectivity index (χ4v) is 8.04. The molecule has 0 aromatic rings. The second kappa shape index (κ2) is 47.5. The van der Waals surface area contributed by atoms with Crippen LogP contribution in [0.1, 0.15) is 297 Å². The van der Waals surface area contributed by atoms with Gasteiger partial charge in [0.1, 0.15) is 13.2 Å². The van der Waals surface area contributed by atoms with Gasteiger partial charge in [-0.05, 0) is 25.2 Å². The topological polar surface area (TPSA) is 78.9 Å².